The van der Waals surface area contributed by atoms with E-state index in [0.29, 0.717) is 11.3 Å². The van der Waals surface area contributed by atoms with Crippen LogP contribution in [-0.2, 0) is 9.53 Å². The van der Waals surface area contributed by atoms with E-state index in [2.05, 4.69) is 5.32 Å². The van der Waals surface area contributed by atoms with Crippen LogP contribution in [0.4, 0.5) is 0 Å². The Morgan fingerprint density at radius 3 is 2.81 bits per heavy atom. The third-order valence-electron chi connectivity index (χ3n) is 3.74. The van der Waals surface area contributed by atoms with Gasteiger partial charge in [-0.1, -0.05) is 31.0 Å². The Morgan fingerprint density at radius 1 is 1.38 bits per heavy atom. The Hall–Kier alpha value is -1.59. The third kappa shape index (κ3) is 4.72. The molecule has 1 fully saturated rings. The molecule has 21 heavy (non-hydrogen) atoms. The number of rotatable bonds is 7. The number of carbonyl (C=O) groups is 1. The van der Waals surface area contributed by atoms with E-state index in [1.165, 1.54) is 12.8 Å². The summed E-state index contributed by atoms with van der Waals surface area (Å²) < 4.78 is 10.7. The average Bonchev–Trinajstić information content (AvgIpc) is 3.04. The van der Waals surface area contributed by atoms with Crippen molar-refractivity contribution in [3.63, 3.8) is 0 Å². The van der Waals surface area contributed by atoms with Crippen molar-refractivity contribution in [2.24, 2.45) is 0 Å². The van der Waals surface area contributed by atoms with Crippen molar-refractivity contribution in [1.29, 1.82) is 0 Å². The number of ether oxygens (including phenoxy) is 2. The summed E-state index contributed by atoms with van der Waals surface area (Å²) in [5.41, 5.74) is 0.664. The molecule has 116 valence electrons. The van der Waals surface area contributed by atoms with Crippen LogP contribution >= 0.6 is 0 Å². The molecule has 0 unspecified atom stereocenters. The van der Waals surface area contributed by atoms with Crippen molar-refractivity contribution >= 4 is 5.91 Å². The number of hydrogen-bond donors (Lipinski definition) is 2. The lowest BCUT2D eigenvalue weighted by Gasteiger charge is -2.16. The van der Waals surface area contributed by atoms with E-state index in [0.717, 1.165) is 12.8 Å². The quantitative estimate of drug-likeness (QED) is 0.804. The molecule has 1 aliphatic rings. The molecule has 1 saturated carbocycles. The Labute approximate surface area is 125 Å². The highest BCUT2D eigenvalue weighted by molar-refractivity contribution is 5.77. The molecule has 0 aliphatic heterocycles. The fourth-order valence-electron chi connectivity index (χ4n) is 2.56. The van der Waals surface area contributed by atoms with Crippen molar-refractivity contribution in [2.45, 2.75) is 37.9 Å². The molecule has 1 amide bonds. The number of carbonyl (C=O) groups excluding carboxylic acids is 1. The first-order valence-electron chi connectivity index (χ1n) is 7.40. The Bertz CT molecular complexity index is 457. The lowest BCUT2D eigenvalue weighted by atomic mass is 10.1. The molecule has 1 aromatic rings. The van der Waals surface area contributed by atoms with Crippen LogP contribution < -0.4 is 10.1 Å². The van der Waals surface area contributed by atoms with Crippen LogP contribution in [-0.4, -0.2) is 37.4 Å². The molecule has 0 heterocycles. The topological polar surface area (TPSA) is 67.8 Å². The average molecular weight is 293 g/mol. The van der Waals surface area contributed by atoms with E-state index < -0.39 is 6.10 Å². The zero-order valence-electron chi connectivity index (χ0n) is 12.4. The van der Waals surface area contributed by atoms with Crippen LogP contribution in [0.25, 0.3) is 0 Å². The maximum atomic E-state index is 11.7. The van der Waals surface area contributed by atoms with E-state index in [1.807, 2.05) is 12.1 Å². The third-order valence-corrected chi connectivity index (χ3v) is 3.74. The molecule has 1 aromatic carbocycles. The van der Waals surface area contributed by atoms with Crippen LogP contribution in [0.3, 0.4) is 0 Å². The first kappa shape index (κ1) is 15.8. The Kier molecular flexibility index (Phi) is 6.02. The van der Waals surface area contributed by atoms with Crippen LogP contribution in [0.1, 0.15) is 37.4 Å². The van der Waals surface area contributed by atoms with E-state index in [1.54, 1.807) is 19.2 Å². The van der Waals surface area contributed by atoms with Gasteiger partial charge in [-0.15, -0.1) is 0 Å². The molecule has 0 radical (unpaired) electrons. The van der Waals surface area contributed by atoms with E-state index in [4.69, 9.17) is 9.47 Å². The molecular formula is C16H23NO4. The minimum atomic E-state index is -0.795. The van der Waals surface area contributed by atoms with Crippen molar-refractivity contribution in [3.8, 4) is 5.75 Å². The number of benzene rings is 1. The van der Waals surface area contributed by atoms with Crippen LogP contribution in [0.15, 0.2) is 24.3 Å². The molecule has 1 aliphatic carbocycles. The highest BCUT2D eigenvalue weighted by Gasteiger charge is 2.17. The van der Waals surface area contributed by atoms with Gasteiger partial charge in [-0.25, -0.2) is 0 Å². The normalized spacial score (nSPS) is 16.7. The molecule has 0 saturated heterocycles. The Balaban J connectivity index is 1.74. The predicted octanol–water partition coefficient (Wildman–Crippen LogP) is 1.80. The lowest BCUT2D eigenvalue weighted by molar-refractivity contribution is -0.128. The number of nitrogens with one attached hydrogen (secondary N) is 1. The summed E-state index contributed by atoms with van der Waals surface area (Å²) >= 11 is 0. The predicted molar refractivity (Wildman–Crippen MR) is 79.2 cm³/mol. The summed E-state index contributed by atoms with van der Waals surface area (Å²) in [7, 11) is 1.56. The van der Waals surface area contributed by atoms with Gasteiger partial charge >= 0.3 is 0 Å². The fourth-order valence-corrected chi connectivity index (χ4v) is 2.56. The zero-order chi connectivity index (χ0) is 15.1. The first-order chi connectivity index (χ1) is 10.2. The monoisotopic (exact) mass is 293 g/mol. The molecule has 0 bridgehead atoms. The van der Waals surface area contributed by atoms with Crippen molar-refractivity contribution in [1.82, 2.24) is 5.32 Å². The molecular weight excluding hydrogens is 270 g/mol. The second-order valence-corrected chi connectivity index (χ2v) is 5.28. The minimum absolute atomic E-state index is 0.0588. The van der Waals surface area contributed by atoms with Gasteiger partial charge < -0.3 is 19.9 Å². The summed E-state index contributed by atoms with van der Waals surface area (Å²) in [4.78, 5) is 11.7. The van der Waals surface area contributed by atoms with Crippen molar-refractivity contribution in [3.05, 3.63) is 29.8 Å². The van der Waals surface area contributed by atoms with Gasteiger partial charge in [-0.3, -0.25) is 4.79 Å². The van der Waals surface area contributed by atoms with Gasteiger partial charge in [0.15, 0.2) is 0 Å². The van der Waals surface area contributed by atoms with Gasteiger partial charge in [0.05, 0.1) is 19.3 Å². The lowest BCUT2D eigenvalue weighted by Crippen LogP contribution is -2.32. The molecule has 2 rings (SSSR count). The van der Waals surface area contributed by atoms with Crippen LogP contribution in [0.5, 0.6) is 5.75 Å². The summed E-state index contributed by atoms with van der Waals surface area (Å²) in [6.07, 6.45) is 3.86. The van der Waals surface area contributed by atoms with Crippen molar-refractivity contribution < 1.29 is 19.4 Å². The number of methoxy groups -OCH3 is 1. The van der Waals surface area contributed by atoms with Gasteiger partial charge in [0.2, 0.25) is 5.91 Å². The first-order valence-corrected chi connectivity index (χ1v) is 7.40. The maximum absolute atomic E-state index is 11.7. The number of aliphatic hydroxyl groups is 1. The summed E-state index contributed by atoms with van der Waals surface area (Å²) in [5, 5.41) is 12.8. The van der Waals surface area contributed by atoms with Gasteiger partial charge in [0.25, 0.3) is 0 Å². The summed E-state index contributed by atoms with van der Waals surface area (Å²) in [5.74, 6) is 0.414. The zero-order valence-corrected chi connectivity index (χ0v) is 12.4. The van der Waals surface area contributed by atoms with Gasteiger partial charge in [0, 0.05) is 12.1 Å². The van der Waals surface area contributed by atoms with Crippen LogP contribution in [0, 0.1) is 0 Å². The molecule has 2 N–H and O–H groups in total. The van der Waals surface area contributed by atoms with E-state index >= 15 is 0 Å². The summed E-state index contributed by atoms with van der Waals surface area (Å²) in [6, 6.07) is 7.23. The largest absolute Gasteiger partial charge is 0.496 e. The molecule has 5 heteroatoms. The highest BCUT2D eigenvalue weighted by Crippen LogP contribution is 2.24. The highest BCUT2D eigenvalue weighted by atomic mass is 16.5. The number of para-hydroxylation sites is 1. The molecule has 1 atom stereocenters. The van der Waals surface area contributed by atoms with Gasteiger partial charge in [-0.05, 0) is 18.9 Å². The fraction of sp³-hybridized carbons (Fsp3) is 0.562. The summed E-state index contributed by atoms with van der Waals surface area (Å²) in [6.45, 7) is 0.205. The standard InChI is InChI=1S/C16H23NO4/c1-20-15-9-5-4-8-13(15)14(18)10-17-16(19)11-21-12-6-2-3-7-12/h4-5,8-9,12,14,18H,2-3,6-7,10-11H2,1H3,(H,17,19)/t14-/m1/s1. The van der Waals surface area contributed by atoms with Crippen molar-refractivity contribution in [2.75, 3.05) is 20.3 Å². The number of aliphatic hydroxyl groups excluding tert-OH is 1. The smallest absolute Gasteiger partial charge is 0.246 e. The van der Waals surface area contributed by atoms with Gasteiger partial charge in [0.1, 0.15) is 12.4 Å². The maximum Gasteiger partial charge on any atom is 0.246 e. The minimum Gasteiger partial charge on any atom is -0.496 e. The van der Waals surface area contributed by atoms with Gasteiger partial charge in [-0.2, -0.15) is 0 Å². The van der Waals surface area contributed by atoms with E-state index in [-0.39, 0.29) is 25.2 Å². The molecule has 0 spiro atoms. The second-order valence-electron chi connectivity index (χ2n) is 5.28. The Morgan fingerprint density at radius 2 is 2.10 bits per heavy atom. The SMILES string of the molecule is COc1ccccc1[C@H](O)CNC(=O)COC1CCCC1. The second kappa shape index (κ2) is 8.00. The molecule has 5 nitrogen and oxygen atoms in total. The number of amides is 1. The van der Waals surface area contributed by atoms with Crippen LogP contribution in [0.2, 0.25) is 0 Å². The number of hydrogen-bond acceptors (Lipinski definition) is 4. The van der Waals surface area contributed by atoms with E-state index in [9.17, 15) is 9.90 Å². The molecule has 0 aromatic heterocycles.